The van der Waals surface area contributed by atoms with E-state index in [1.54, 1.807) is 0 Å². The average Bonchev–Trinajstić information content (AvgIpc) is 2.91. The molecule has 88 valence electrons. The fraction of sp³-hybridized carbons (Fsp3) is 0.727. The minimum absolute atomic E-state index is 0.505. The maximum Gasteiger partial charge on any atom is 0.169 e. The Bertz CT molecular complexity index is 382. The Morgan fingerprint density at radius 3 is 2.88 bits per heavy atom. The Balaban J connectivity index is 1.60. The Morgan fingerprint density at radius 2 is 2.25 bits per heavy atom. The van der Waals surface area contributed by atoms with Gasteiger partial charge >= 0.3 is 0 Å². The van der Waals surface area contributed by atoms with Gasteiger partial charge in [0.25, 0.3) is 0 Å². The second kappa shape index (κ2) is 3.66. The second-order valence-corrected chi connectivity index (χ2v) is 4.94. The lowest BCUT2D eigenvalue weighted by atomic mass is 10.2. The first-order valence-corrected chi connectivity index (χ1v) is 6.05. The highest BCUT2D eigenvalue weighted by molar-refractivity contribution is 5.57. The van der Waals surface area contributed by atoms with E-state index in [2.05, 4.69) is 20.2 Å². The normalized spacial score (nSPS) is 26.2. The first-order valence-electron chi connectivity index (χ1n) is 6.05. The summed E-state index contributed by atoms with van der Waals surface area (Å²) in [5, 5.41) is 3.43. The van der Waals surface area contributed by atoms with Crippen LogP contribution >= 0.6 is 0 Å². The van der Waals surface area contributed by atoms with Crippen LogP contribution in [0.2, 0.25) is 0 Å². The zero-order valence-corrected chi connectivity index (χ0v) is 9.66. The quantitative estimate of drug-likeness (QED) is 0.710. The third-order valence-corrected chi connectivity index (χ3v) is 3.47. The van der Waals surface area contributed by atoms with Gasteiger partial charge < -0.3 is 16.0 Å². The van der Waals surface area contributed by atoms with Crippen molar-refractivity contribution < 1.29 is 0 Å². The summed E-state index contributed by atoms with van der Waals surface area (Å²) < 4.78 is 0. The second-order valence-electron chi connectivity index (χ2n) is 4.94. The predicted octanol–water partition coefficient (Wildman–Crippen LogP) is 0.949. The van der Waals surface area contributed by atoms with Crippen molar-refractivity contribution in [1.82, 2.24) is 14.9 Å². The molecule has 1 aromatic heterocycles. The van der Waals surface area contributed by atoms with E-state index in [9.17, 15) is 0 Å². The predicted molar refractivity (Wildman–Crippen MR) is 64.4 cm³/mol. The van der Waals surface area contributed by atoms with Crippen LogP contribution in [0, 0.1) is 6.92 Å². The summed E-state index contributed by atoms with van der Waals surface area (Å²) in [6.07, 6.45) is 3.97. The van der Waals surface area contributed by atoms with Crippen molar-refractivity contribution in [3.63, 3.8) is 0 Å². The van der Waals surface area contributed by atoms with Gasteiger partial charge in [0, 0.05) is 25.2 Å². The molecule has 0 amide bonds. The van der Waals surface area contributed by atoms with Crippen LogP contribution in [0.1, 0.15) is 25.1 Å². The lowest BCUT2D eigenvalue weighted by molar-refractivity contribution is 0.326. The van der Waals surface area contributed by atoms with Crippen molar-refractivity contribution in [2.45, 2.75) is 38.3 Å². The molecule has 1 aliphatic carbocycles. The molecule has 5 heteroatoms. The van der Waals surface area contributed by atoms with E-state index in [0.29, 0.717) is 11.9 Å². The van der Waals surface area contributed by atoms with Crippen LogP contribution in [0.25, 0.3) is 0 Å². The molecule has 5 nitrogen and oxygen atoms in total. The number of hydrogen-bond donors (Lipinski definition) is 3. The summed E-state index contributed by atoms with van der Waals surface area (Å²) >= 11 is 0. The van der Waals surface area contributed by atoms with E-state index >= 15 is 0 Å². The molecule has 1 aliphatic heterocycles. The number of nitrogens with one attached hydrogen (secondary N) is 2. The number of likely N-dealkylation sites (tertiary alicyclic amines) is 1. The summed E-state index contributed by atoms with van der Waals surface area (Å²) in [7, 11) is 0. The first kappa shape index (κ1) is 9.96. The largest absolute Gasteiger partial charge is 0.382 e. The maximum absolute atomic E-state index is 5.83. The van der Waals surface area contributed by atoms with Gasteiger partial charge in [-0.15, -0.1) is 0 Å². The molecule has 0 spiro atoms. The highest BCUT2D eigenvalue weighted by atomic mass is 15.2. The highest BCUT2D eigenvalue weighted by Gasteiger charge is 2.34. The number of anilines is 2. The molecule has 2 heterocycles. The van der Waals surface area contributed by atoms with Crippen molar-refractivity contribution in [3.8, 4) is 0 Å². The number of nitrogen functional groups attached to an aromatic ring is 1. The van der Waals surface area contributed by atoms with Crippen LogP contribution < -0.4 is 11.1 Å². The summed E-state index contributed by atoms with van der Waals surface area (Å²) in [6.45, 7) is 4.27. The van der Waals surface area contributed by atoms with E-state index in [-0.39, 0.29) is 0 Å². The number of hydrogen-bond acceptors (Lipinski definition) is 4. The zero-order valence-electron chi connectivity index (χ0n) is 9.66. The van der Waals surface area contributed by atoms with Crippen LogP contribution in [-0.2, 0) is 0 Å². The molecule has 4 N–H and O–H groups in total. The molecule has 1 saturated heterocycles. The lowest BCUT2D eigenvalue weighted by Gasteiger charge is -2.15. The maximum atomic E-state index is 5.83. The minimum Gasteiger partial charge on any atom is -0.382 e. The molecule has 1 atom stereocenters. The van der Waals surface area contributed by atoms with Gasteiger partial charge in [-0.2, -0.15) is 0 Å². The zero-order chi connectivity index (χ0) is 11.1. The number of imidazole rings is 1. The van der Waals surface area contributed by atoms with Gasteiger partial charge in [0.2, 0.25) is 0 Å². The molecule has 0 bridgehead atoms. The van der Waals surface area contributed by atoms with E-state index in [0.717, 1.165) is 24.2 Å². The third kappa shape index (κ3) is 1.87. The highest BCUT2D eigenvalue weighted by Crippen LogP contribution is 2.30. The first-order chi connectivity index (χ1) is 7.72. The molecule has 1 unspecified atom stereocenters. The Morgan fingerprint density at radius 1 is 1.44 bits per heavy atom. The van der Waals surface area contributed by atoms with Gasteiger partial charge in [-0.1, -0.05) is 0 Å². The number of nitrogens with zero attached hydrogens (tertiary/aromatic N) is 2. The number of nitrogens with two attached hydrogens (primary N) is 1. The molecule has 1 aromatic rings. The molecule has 2 aliphatic rings. The molecule has 0 aromatic carbocycles. The average molecular weight is 221 g/mol. The van der Waals surface area contributed by atoms with Gasteiger partial charge in [-0.25, -0.2) is 4.98 Å². The Labute approximate surface area is 95.4 Å². The van der Waals surface area contributed by atoms with Gasteiger partial charge in [0.05, 0.1) is 0 Å². The van der Waals surface area contributed by atoms with Crippen molar-refractivity contribution in [2.24, 2.45) is 0 Å². The molecule has 2 fully saturated rings. The molecule has 1 saturated carbocycles. The third-order valence-electron chi connectivity index (χ3n) is 3.47. The van der Waals surface area contributed by atoms with Crippen LogP contribution in [0.5, 0.6) is 0 Å². The summed E-state index contributed by atoms with van der Waals surface area (Å²) in [6, 6.07) is 1.37. The topological polar surface area (TPSA) is 70.0 Å². The summed E-state index contributed by atoms with van der Waals surface area (Å²) in [5.74, 6) is 2.35. The summed E-state index contributed by atoms with van der Waals surface area (Å²) in [5.41, 5.74) is 5.83. The fourth-order valence-electron chi connectivity index (χ4n) is 2.49. The standard InChI is InChI=1S/C11H19N5/c1-7-13-10(12)11(14-7)15-8-4-5-16(6-8)9-2-3-9/h8-9,15H,2-6,12H2,1H3,(H,13,14). The molecule has 16 heavy (non-hydrogen) atoms. The van der Waals surface area contributed by atoms with Gasteiger partial charge in [-0.3, -0.25) is 4.90 Å². The number of H-pyrrole nitrogens is 1. The van der Waals surface area contributed by atoms with Gasteiger partial charge in [0.1, 0.15) is 11.6 Å². The van der Waals surface area contributed by atoms with E-state index < -0.39 is 0 Å². The number of aryl methyl sites for hydroxylation is 1. The fourth-order valence-corrected chi connectivity index (χ4v) is 2.49. The Hall–Kier alpha value is -1.23. The van der Waals surface area contributed by atoms with E-state index in [1.165, 1.54) is 25.8 Å². The van der Waals surface area contributed by atoms with Crippen LogP contribution in [0.15, 0.2) is 0 Å². The van der Waals surface area contributed by atoms with Crippen molar-refractivity contribution in [3.05, 3.63) is 5.82 Å². The Kier molecular flexibility index (Phi) is 2.28. The molecular weight excluding hydrogens is 202 g/mol. The lowest BCUT2D eigenvalue weighted by Crippen LogP contribution is -2.28. The molecular formula is C11H19N5. The van der Waals surface area contributed by atoms with E-state index in [1.807, 2.05) is 6.92 Å². The minimum atomic E-state index is 0.505. The number of aromatic amines is 1. The van der Waals surface area contributed by atoms with Crippen molar-refractivity contribution in [1.29, 1.82) is 0 Å². The summed E-state index contributed by atoms with van der Waals surface area (Å²) in [4.78, 5) is 9.94. The van der Waals surface area contributed by atoms with Crippen molar-refractivity contribution in [2.75, 3.05) is 24.1 Å². The van der Waals surface area contributed by atoms with Crippen LogP contribution in [0.4, 0.5) is 11.6 Å². The molecule has 0 radical (unpaired) electrons. The molecule has 3 rings (SSSR count). The van der Waals surface area contributed by atoms with Gasteiger partial charge in [0.15, 0.2) is 5.82 Å². The monoisotopic (exact) mass is 221 g/mol. The number of rotatable bonds is 3. The van der Waals surface area contributed by atoms with Crippen LogP contribution in [-0.4, -0.2) is 40.0 Å². The number of aromatic nitrogens is 2. The van der Waals surface area contributed by atoms with Crippen LogP contribution in [0.3, 0.4) is 0 Å². The smallest absolute Gasteiger partial charge is 0.169 e. The van der Waals surface area contributed by atoms with Crippen molar-refractivity contribution >= 4 is 11.6 Å². The van der Waals surface area contributed by atoms with E-state index in [4.69, 9.17) is 5.73 Å². The SMILES string of the molecule is Cc1nc(NC2CCN(C3CC3)C2)c(N)[nH]1. The van der Waals surface area contributed by atoms with Gasteiger partial charge in [-0.05, 0) is 26.2 Å².